The zero-order valence-electron chi connectivity index (χ0n) is 23.3. The van der Waals surface area contributed by atoms with Crippen LogP contribution in [0, 0.1) is 24.2 Å². The van der Waals surface area contributed by atoms with E-state index in [1.54, 1.807) is 25.3 Å². The van der Waals surface area contributed by atoms with Gasteiger partial charge in [-0.2, -0.15) is 13.2 Å². The Balaban J connectivity index is 0.00000158. The van der Waals surface area contributed by atoms with Gasteiger partial charge in [-0.3, -0.25) is 19.5 Å². The van der Waals surface area contributed by atoms with Crippen molar-refractivity contribution in [3.63, 3.8) is 0 Å². The minimum atomic E-state index is -4.59. The van der Waals surface area contributed by atoms with E-state index < -0.39 is 11.9 Å². The van der Waals surface area contributed by atoms with E-state index in [0.717, 1.165) is 30.3 Å². The van der Waals surface area contributed by atoms with E-state index in [0.29, 0.717) is 33.6 Å². The van der Waals surface area contributed by atoms with Gasteiger partial charge in [0.1, 0.15) is 5.69 Å². The van der Waals surface area contributed by atoms with Gasteiger partial charge < -0.3 is 10.6 Å². The summed E-state index contributed by atoms with van der Waals surface area (Å²) in [4.78, 5) is 36.3. The number of pyridine rings is 2. The van der Waals surface area contributed by atoms with Crippen LogP contribution in [0.2, 0.25) is 0 Å². The van der Waals surface area contributed by atoms with Crippen molar-refractivity contribution >= 4 is 39.1 Å². The van der Waals surface area contributed by atoms with Crippen molar-refractivity contribution in [2.45, 2.75) is 66.2 Å². The molecule has 1 aliphatic carbocycles. The van der Waals surface area contributed by atoms with Gasteiger partial charge in [-0.05, 0) is 55.5 Å². The number of nitrogens with zero attached hydrogens (tertiary/aromatic N) is 3. The fourth-order valence-electron chi connectivity index (χ4n) is 5.94. The number of hydrogen-bond acceptors (Lipinski definition) is 7. The van der Waals surface area contributed by atoms with Crippen molar-refractivity contribution in [3.8, 4) is 11.3 Å². The van der Waals surface area contributed by atoms with Crippen molar-refractivity contribution in [2.24, 2.45) is 17.3 Å². The van der Waals surface area contributed by atoms with Crippen LogP contribution in [0.1, 0.15) is 56.7 Å². The number of amides is 2. The number of carbonyl (C=O) groups is 2. The molecule has 2 saturated heterocycles. The summed E-state index contributed by atoms with van der Waals surface area (Å²) in [6.07, 6.45) is -1.16. The summed E-state index contributed by atoms with van der Waals surface area (Å²) in [6.45, 7) is 11.3. The van der Waals surface area contributed by atoms with E-state index in [4.69, 9.17) is 0 Å². The Morgan fingerprint density at radius 3 is 2.50 bits per heavy atom. The molecule has 1 saturated carbocycles. The molecular formula is C29H34F3N5O2S. The smallest absolute Gasteiger partial charge is 0.379 e. The van der Waals surface area contributed by atoms with Crippen molar-refractivity contribution in [1.29, 1.82) is 0 Å². The topological polar surface area (TPSA) is 87.2 Å². The minimum Gasteiger partial charge on any atom is -0.379 e. The molecule has 214 valence electrons. The highest BCUT2D eigenvalue weighted by atomic mass is 32.1. The molecular weight excluding hydrogens is 539 g/mol. The second kappa shape index (κ2) is 10.4. The normalized spacial score (nSPS) is 23.6. The van der Waals surface area contributed by atoms with Gasteiger partial charge in [-0.1, -0.05) is 27.7 Å². The number of anilines is 1. The SMILES string of the molecule is CC.Cc1cc(C(F)(F)F)nc(-c2ccnc3cc(CN4C(=O)C5C(C4=O)C5(C)C)sc23)c1NC1CCCNC1. The molecule has 3 unspecified atom stereocenters. The van der Waals surface area contributed by atoms with E-state index in [9.17, 15) is 22.8 Å². The molecule has 3 atom stereocenters. The first-order chi connectivity index (χ1) is 19.0. The number of nitrogens with one attached hydrogen (secondary N) is 2. The summed E-state index contributed by atoms with van der Waals surface area (Å²) in [7, 11) is 0. The van der Waals surface area contributed by atoms with E-state index >= 15 is 0 Å². The highest BCUT2D eigenvalue weighted by Gasteiger charge is 2.72. The Labute approximate surface area is 235 Å². The van der Waals surface area contributed by atoms with Crippen molar-refractivity contribution in [2.75, 3.05) is 18.4 Å². The van der Waals surface area contributed by atoms with Crippen molar-refractivity contribution in [3.05, 3.63) is 40.5 Å². The summed E-state index contributed by atoms with van der Waals surface area (Å²) in [6, 6.07) is 4.63. The van der Waals surface area contributed by atoms with Crippen LogP contribution in [0.5, 0.6) is 0 Å². The standard InChI is InChI=1S/C27H28F3N5O2S.C2H6/c1-13-9-18(27(28,29)30)34-22(21(13)33-14-5-4-7-31-11-14)16-6-8-32-17-10-15(38-23(16)17)12-35-24(36)19-20(25(35)37)26(19,2)3;1-2/h6,8-10,14,19-20,31,33H,4-5,7,11-12H2,1-3H3;1-2H3. The number of piperidine rings is 2. The monoisotopic (exact) mass is 573 g/mol. The average molecular weight is 574 g/mol. The van der Waals surface area contributed by atoms with Crippen molar-refractivity contribution in [1.82, 2.24) is 20.2 Å². The number of likely N-dealkylation sites (tertiary alicyclic amines) is 1. The lowest BCUT2D eigenvalue weighted by atomic mass is 10.0. The number of halogens is 3. The number of aromatic nitrogens is 2. The Bertz CT molecular complexity index is 1440. The van der Waals surface area contributed by atoms with E-state index in [2.05, 4.69) is 20.6 Å². The van der Waals surface area contributed by atoms with Crippen LogP contribution in [0.3, 0.4) is 0 Å². The molecule has 0 radical (unpaired) electrons. The van der Waals surface area contributed by atoms with E-state index in [1.807, 2.05) is 27.7 Å². The van der Waals surface area contributed by atoms with Crippen LogP contribution in [0.15, 0.2) is 24.4 Å². The maximum Gasteiger partial charge on any atom is 0.433 e. The quantitative estimate of drug-likeness (QED) is 0.363. The van der Waals surface area contributed by atoms with Gasteiger partial charge in [-0.15, -0.1) is 11.3 Å². The van der Waals surface area contributed by atoms with Gasteiger partial charge in [0.05, 0.1) is 40.0 Å². The van der Waals surface area contributed by atoms with Gasteiger partial charge in [-0.25, -0.2) is 4.98 Å². The molecule has 0 spiro atoms. The van der Waals surface area contributed by atoms with Crippen LogP contribution >= 0.6 is 11.3 Å². The lowest BCUT2D eigenvalue weighted by Gasteiger charge is -2.27. The fraction of sp³-hybridized carbons (Fsp3) is 0.517. The second-order valence-electron chi connectivity index (χ2n) is 11.1. The molecule has 3 aromatic rings. The first-order valence-electron chi connectivity index (χ1n) is 13.8. The molecule has 5 heterocycles. The lowest BCUT2D eigenvalue weighted by molar-refractivity contribution is -0.144. The predicted molar refractivity (Wildman–Crippen MR) is 150 cm³/mol. The summed E-state index contributed by atoms with van der Waals surface area (Å²) in [5.74, 6) is -0.840. The Morgan fingerprint density at radius 1 is 1.18 bits per heavy atom. The number of fused-ring (bicyclic) bond motifs is 2. The Morgan fingerprint density at radius 2 is 1.88 bits per heavy atom. The largest absolute Gasteiger partial charge is 0.433 e. The van der Waals surface area contributed by atoms with Crippen LogP contribution < -0.4 is 10.6 Å². The molecule has 11 heteroatoms. The van der Waals surface area contributed by atoms with Gasteiger partial charge in [0.25, 0.3) is 0 Å². The zero-order chi connectivity index (χ0) is 29.0. The Kier molecular flexibility index (Phi) is 7.41. The van der Waals surface area contributed by atoms with Crippen LogP contribution in [0.4, 0.5) is 18.9 Å². The number of alkyl halides is 3. The molecule has 0 bridgehead atoms. The molecule has 3 aliphatic rings. The molecule has 40 heavy (non-hydrogen) atoms. The van der Waals surface area contributed by atoms with E-state index in [1.165, 1.54) is 16.2 Å². The molecule has 0 aromatic carbocycles. The van der Waals surface area contributed by atoms with E-state index in [-0.39, 0.29) is 47.3 Å². The maximum absolute atomic E-state index is 13.8. The molecule has 2 N–H and O–H groups in total. The number of thiophene rings is 1. The lowest BCUT2D eigenvalue weighted by Crippen LogP contribution is -2.38. The van der Waals surface area contributed by atoms with Crippen LogP contribution in [0.25, 0.3) is 21.5 Å². The summed E-state index contributed by atoms with van der Waals surface area (Å²) < 4.78 is 42.0. The molecule has 7 nitrogen and oxygen atoms in total. The second-order valence-corrected chi connectivity index (χ2v) is 12.2. The minimum absolute atomic E-state index is 0.0684. The number of carbonyl (C=O) groups excluding carboxylic acids is 2. The average Bonchev–Trinajstić information content (AvgIpc) is 3.16. The third-order valence-corrected chi connectivity index (χ3v) is 9.22. The predicted octanol–water partition coefficient (Wildman–Crippen LogP) is 6.02. The third kappa shape index (κ3) is 4.87. The molecule has 3 aromatic heterocycles. The molecule has 2 aliphatic heterocycles. The molecule has 3 fully saturated rings. The number of hydrogen-bond donors (Lipinski definition) is 2. The van der Waals surface area contributed by atoms with Gasteiger partial charge in [0.2, 0.25) is 11.8 Å². The summed E-state index contributed by atoms with van der Waals surface area (Å²) in [5, 5.41) is 6.77. The highest BCUT2D eigenvalue weighted by molar-refractivity contribution is 7.19. The first kappa shape index (κ1) is 28.5. The van der Waals surface area contributed by atoms with Gasteiger partial charge >= 0.3 is 6.18 Å². The molecule has 6 rings (SSSR count). The number of imide groups is 1. The summed E-state index contributed by atoms with van der Waals surface area (Å²) >= 11 is 1.33. The third-order valence-electron chi connectivity index (χ3n) is 8.08. The van der Waals surface area contributed by atoms with Crippen LogP contribution in [-0.4, -0.2) is 45.8 Å². The number of aryl methyl sites for hydroxylation is 1. The van der Waals surface area contributed by atoms with Gasteiger partial charge in [0.15, 0.2) is 0 Å². The Hall–Kier alpha value is -3.05. The van der Waals surface area contributed by atoms with Crippen LogP contribution in [-0.2, 0) is 22.3 Å². The van der Waals surface area contributed by atoms with Gasteiger partial charge in [0, 0.05) is 29.2 Å². The zero-order valence-corrected chi connectivity index (χ0v) is 24.1. The number of rotatable bonds is 5. The molecule has 2 amide bonds. The summed E-state index contributed by atoms with van der Waals surface area (Å²) in [5.41, 5.74) is 1.15. The fourth-order valence-corrected chi connectivity index (χ4v) is 7.06. The maximum atomic E-state index is 13.8. The highest BCUT2D eigenvalue weighted by Crippen LogP contribution is 2.63. The first-order valence-corrected chi connectivity index (χ1v) is 14.6. The van der Waals surface area contributed by atoms with Crippen molar-refractivity contribution < 1.29 is 22.8 Å².